The Morgan fingerprint density at radius 2 is 2.20 bits per heavy atom. The molecule has 0 spiro atoms. The maximum Gasteiger partial charge on any atom is 0.406 e. The fraction of sp³-hybridized carbons (Fsp3) is 0.500. The second kappa shape index (κ2) is 6.26. The third-order valence-electron chi connectivity index (χ3n) is 2.34. The van der Waals surface area contributed by atoms with Gasteiger partial charge < -0.3 is 20.3 Å². The van der Waals surface area contributed by atoms with Crippen LogP contribution in [0.1, 0.15) is 5.69 Å². The average Bonchev–Trinajstić information content (AvgIpc) is 2.78. The number of aromatic nitrogens is 2. The highest BCUT2D eigenvalue weighted by atomic mass is 19.4. The van der Waals surface area contributed by atoms with Gasteiger partial charge in [-0.15, -0.1) is 0 Å². The van der Waals surface area contributed by atoms with Gasteiger partial charge in [-0.1, -0.05) is 0 Å². The normalized spacial score (nSPS) is 12.8. The molecule has 1 aromatic heterocycles. The molecular formula is C10H13F3N4O3. The number of nitrogens with zero attached hydrogens (tertiary/aromatic N) is 2. The number of rotatable bonds is 5. The molecule has 0 aliphatic carbocycles. The molecule has 0 aliphatic rings. The van der Waals surface area contributed by atoms with Gasteiger partial charge in [0.15, 0.2) is 0 Å². The van der Waals surface area contributed by atoms with Gasteiger partial charge in [0.05, 0.1) is 6.33 Å². The van der Waals surface area contributed by atoms with Crippen molar-refractivity contribution in [3.63, 3.8) is 0 Å². The van der Waals surface area contributed by atoms with Crippen LogP contribution in [0.4, 0.5) is 18.0 Å². The van der Waals surface area contributed by atoms with Crippen molar-refractivity contribution >= 4 is 12.0 Å². The van der Waals surface area contributed by atoms with Crippen LogP contribution in [0.15, 0.2) is 12.5 Å². The number of carboxylic acid groups (broad SMARTS) is 1. The Morgan fingerprint density at radius 1 is 1.55 bits per heavy atom. The number of imidazole rings is 1. The lowest BCUT2D eigenvalue weighted by molar-refractivity contribution is -0.139. The number of hydrogen-bond donors (Lipinski definition) is 3. The van der Waals surface area contributed by atoms with E-state index in [1.807, 2.05) is 5.32 Å². The van der Waals surface area contributed by atoms with Crippen molar-refractivity contribution in [2.24, 2.45) is 0 Å². The summed E-state index contributed by atoms with van der Waals surface area (Å²) in [6, 6.07) is -2.46. The highest BCUT2D eigenvalue weighted by molar-refractivity contribution is 5.82. The molecule has 0 unspecified atom stereocenters. The van der Waals surface area contributed by atoms with Gasteiger partial charge in [-0.05, 0) is 0 Å². The maximum absolute atomic E-state index is 12.1. The van der Waals surface area contributed by atoms with Crippen molar-refractivity contribution in [1.82, 2.24) is 20.2 Å². The van der Waals surface area contributed by atoms with Crippen molar-refractivity contribution in [3.05, 3.63) is 18.2 Å². The first kappa shape index (κ1) is 15.8. The topological polar surface area (TPSA) is 98.3 Å². The summed E-state index contributed by atoms with van der Waals surface area (Å²) in [5.41, 5.74) is 0.441. The number of alkyl halides is 3. The van der Waals surface area contributed by atoms with Gasteiger partial charge >= 0.3 is 18.2 Å². The van der Waals surface area contributed by atoms with Gasteiger partial charge in [0.2, 0.25) is 0 Å². The Labute approximate surface area is 111 Å². The van der Waals surface area contributed by atoms with Crippen molar-refractivity contribution in [1.29, 1.82) is 0 Å². The fourth-order valence-electron chi connectivity index (χ4n) is 1.42. The molecule has 20 heavy (non-hydrogen) atoms. The summed E-state index contributed by atoms with van der Waals surface area (Å²) in [5.74, 6) is -1.35. The number of carbonyl (C=O) groups is 2. The molecule has 0 aromatic carbocycles. The number of urea groups is 1. The molecule has 0 saturated carbocycles. The number of aromatic amines is 1. The minimum atomic E-state index is -4.55. The second-order valence-corrected chi connectivity index (χ2v) is 4.09. The third-order valence-corrected chi connectivity index (χ3v) is 2.34. The Kier molecular flexibility index (Phi) is 4.94. The van der Waals surface area contributed by atoms with E-state index in [4.69, 9.17) is 5.11 Å². The van der Waals surface area contributed by atoms with Crippen LogP contribution in [-0.2, 0) is 11.2 Å². The summed E-state index contributed by atoms with van der Waals surface area (Å²) >= 11 is 0. The minimum Gasteiger partial charge on any atom is -0.480 e. The van der Waals surface area contributed by atoms with Gasteiger partial charge in [-0.3, -0.25) is 0 Å². The number of aliphatic carboxylic acids is 1. The van der Waals surface area contributed by atoms with E-state index in [0.29, 0.717) is 10.6 Å². The minimum absolute atomic E-state index is 0.110. The Morgan fingerprint density at radius 3 is 2.65 bits per heavy atom. The summed E-state index contributed by atoms with van der Waals surface area (Å²) in [7, 11) is 0.929. The lowest BCUT2D eigenvalue weighted by atomic mass is 10.1. The zero-order valence-electron chi connectivity index (χ0n) is 10.4. The Balaban J connectivity index is 2.61. The molecule has 2 amide bonds. The molecule has 0 saturated heterocycles. The fourth-order valence-corrected chi connectivity index (χ4v) is 1.42. The van der Waals surface area contributed by atoms with Crippen LogP contribution in [0, 0.1) is 0 Å². The predicted molar refractivity (Wildman–Crippen MR) is 60.9 cm³/mol. The van der Waals surface area contributed by atoms with Gasteiger partial charge in [-0.25, -0.2) is 14.6 Å². The van der Waals surface area contributed by atoms with Gasteiger partial charge in [-0.2, -0.15) is 13.2 Å². The van der Waals surface area contributed by atoms with Gasteiger partial charge in [0.25, 0.3) is 0 Å². The number of H-pyrrole nitrogens is 1. The summed E-state index contributed by atoms with van der Waals surface area (Å²) in [5, 5.41) is 11.0. The number of carbonyl (C=O) groups excluding carboxylic acids is 1. The van der Waals surface area contributed by atoms with E-state index in [-0.39, 0.29) is 6.42 Å². The zero-order valence-corrected chi connectivity index (χ0v) is 10.4. The Bertz CT molecular complexity index is 461. The zero-order chi connectivity index (χ0) is 15.3. The number of hydrogen-bond acceptors (Lipinski definition) is 3. The molecule has 1 rings (SSSR count). The third kappa shape index (κ3) is 5.16. The lowest BCUT2D eigenvalue weighted by Crippen LogP contribution is -2.49. The molecule has 10 heteroatoms. The van der Waals surface area contributed by atoms with Crippen LogP contribution < -0.4 is 5.32 Å². The molecule has 112 valence electrons. The van der Waals surface area contributed by atoms with Crippen molar-refractivity contribution in [3.8, 4) is 0 Å². The molecule has 1 atom stereocenters. The van der Waals surface area contributed by atoms with E-state index >= 15 is 0 Å². The molecule has 7 nitrogen and oxygen atoms in total. The number of carboxylic acids is 1. The van der Waals surface area contributed by atoms with Crippen molar-refractivity contribution in [2.45, 2.75) is 18.6 Å². The van der Waals surface area contributed by atoms with E-state index < -0.39 is 30.8 Å². The monoisotopic (exact) mass is 294 g/mol. The highest BCUT2D eigenvalue weighted by Crippen LogP contribution is 2.15. The quantitative estimate of drug-likeness (QED) is 0.741. The average molecular weight is 294 g/mol. The molecule has 1 aromatic rings. The molecule has 0 radical (unpaired) electrons. The Hall–Kier alpha value is -2.26. The number of amides is 2. The SMILES string of the molecule is CN(CC(F)(F)F)C(=O)N[C@H](Cc1cnc[nH]1)C(=O)O. The maximum atomic E-state index is 12.1. The first-order valence-corrected chi connectivity index (χ1v) is 5.47. The van der Waals surface area contributed by atoms with Gasteiger partial charge in [0.1, 0.15) is 12.6 Å². The molecule has 0 bridgehead atoms. The van der Waals surface area contributed by atoms with E-state index in [1.165, 1.54) is 12.5 Å². The van der Waals surface area contributed by atoms with E-state index in [2.05, 4.69) is 9.97 Å². The molecule has 1 heterocycles. The first-order chi connectivity index (χ1) is 9.19. The van der Waals surface area contributed by atoms with E-state index in [9.17, 15) is 22.8 Å². The van der Waals surface area contributed by atoms with E-state index in [1.54, 1.807) is 0 Å². The second-order valence-electron chi connectivity index (χ2n) is 4.09. The summed E-state index contributed by atoms with van der Waals surface area (Å²) in [6.07, 6.45) is -1.97. The standard InChI is InChI=1S/C10H13F3N4O3/c1-17(4-10(11,12)13)9(20)16-7(8(18)19)2-6-3-14-5-15-6/h3,5,7H,2,4H2,1H3,(H,14,15)(H,16,20)(H,18,19)/t7-/m1/s1. The largest absolute Gasteiger partial charge is 0.480 e. The molecule has 0 fully saturated rings. The van der Waals surface area contributed by atoms with Crippen LogP contribution in [0.5, 0.6) is 0 Å². The lowest BCUT2D eigenvalue weighted by Gasteiger charge is -2.22. The molecular weight excluding hydrogens is 281 g/mol. The predicted octanol–water partition coefficient (Wildman–Crippen LogP) is 0.609. The summed E-state index contributed by atoms with van der Waals surface area (Å²) in [4.78, 5) is 29.2. The molecule has 3 N–H and O–H groups in total. The first-order valence-electron chi connectivity index (χ1n) is 5.47. The molecule has 0 aliphatic heterocycles. The number of nitrogens with one attached hydrogen (secondary N) is 2. The van der Waals surface area contributed by atoms with Crippen LogP contribution >= 0.6 is 0 Å². The summed E-state index contributed by atoms with van der Waals surface area (Å²) in [6.45, 7) is -1.46. The van der Waals surface area contributed by atoms with E-state index in [0.717, 1.165) is 7.05 Å². The van der Waals surface area contributed by atoms with Crippen LogP contribution in [0.3, 0.4) is 0 Å². The van der Waals surface area contributed by atoms with Crippen molar-refractivity contribution < 1.29 is 27.9 Å². The van der Waals surface area contributed by atoms with Gasteiger partial charge in [0, 0.05) is 25.4 Å². The highest BCUT2D eigenvalue weighted by Gasteiger charge is 2.32. The van der Waals surface area contributed by atoms with Crippen molar-refractivity contribution in [2.75, 3.05) is 13.6 Å². The summed E-state index contributed by atoms with van der Waals surface area (Å²) < 4.78 is 36.3. The number of halogens is 3. The van der Waals surface area contributed by atoms with Crippen LogP contribution in [0.2, 0.25) is 0 Å². The van der Waals surface area contributed by atoms with Crippen LogP contribution in [0.25, 0.3) is 0 Å². The van der Waals surface area contributed by atoms with Crippen LogP contribution in [-0.4, -0.2) is 57.8 Å². The smallest absolute Gasteiger partial charge is 0.406 e.